The quantitative estimate of drug-likeness (QED) is 0.361. The second kappa shape index (κ2) is 7.62. The molecule has 0 radical (unpaired) electrons. The number of carbonyl (C=O) groups excluding carboxylic acids is 1. The van der Waals surface area contributed by atoms with Crippen LogP contribution in [0.4, 0.5) is 32.2 Å². The minimum Gasteiger partial charge on any atom is -0.342 e. The molecule has 31 heavy (non-hydrogen) atoms. The number of hydrogen-bond acceptors (Lipinski definition) is 3. The van der Waals surface area contributed by atoms with Gasteiger partial charge in [0.25, 0.3) is 0 Å². The Labute approximate surface area is 174 Å². The number of nitrogens with one attached hydrogen (secondary N) is 2. The van der Waals surface area contributed by atoms with Crippen molar-refractivity contribution in [2.75, 3.05) is 5.32 Å². The van der Waals surface area contributed by atoms with E-state index in [1.807, 2.05) is 5.10 Å². The Kier molecular flexibility index (Phi) is 5.59. The molecule has 10 heteroatoms. The zero-order chi connectivity index (χ0) is 23.2. The van der Waals surface area contributed by atoms with E-state index < -0.39 is 52.7 Å². The molecule has 0 bridgehead atoms. The molecule has 4 nitrogen and oxygen atoms in total. The van der Waals surface area contributed by atoms with Crippen molar-refractivity contribution in [1.29, 1.82) is 0 Å². The number of anilines is 1. The first-order chi connectivity index (χ1) is 14.2. The van der Waals surface area contributed by atoms with Gasteiger partial charge in [-0.3, -0.25) is 9.89 Å². The van der Waals surface area contributed by atoms with Crippen molar-refractivity contribution in [3.8, 4) is 12.3 Å². The van der Waals surface area contributed by atoms with Crippen LogP contribution in [0.5, 0.6) is 0 Å². The summed E-state index contributed by atoms with van der Waals surface area (Å²) < 4.78 is 81.7. The van der Waals surface area contributed by atoms with E-state index in [2.05, 4.69) is 16.3 Å². The summed E-state index contributed by atoms with van der Waals surface area (Å²) in [6.45, 7) is 3.61. The highest BCUT2D eigenvalue weighted by Gasteiger charge is 2.48. The number of halogens is 6. The van der Waals surface area contributed by atoms with Gasteiger partial charge in [-0.1, -0.05) is 31.9 Å². The SMILES string of the molecule is C#C/C=C\C=C(/CC1C2=C(CC(C)(C)CC2=O)Nc2n[nH]c(C(F)(F)F)c21)C(F)(F)F. The highest BCUT2D eigenvalue weighted by atomic mass is 19.4. The summed E-state index contributed by atoms with van der Waals surface area (Å²) in [6, 6.07) is 0. The number of rotatable bonds is 3. The molecule has 0 aromatic carbocycles. The molecule has 2 aliphatic rings. The van der Waals surface area contributed by atoms with Gasteiger partial charge in [-0.15, -0.1) is 6.42 Å². The molecular formula is C21H19F6N3O. The summed E-state index contributed by atoms with van der Waals surface area (Å²) in [7, 11) is 0. The second-order valence-electron chi connectivity index (χ2n) is 8.29. The largest absolute Gasteiger partial charge is 0.433 e. The van der Waals surface area contributed by atoms with Gasteiger partial charge in [-0.2, -0.15) is 31.4 Å². The molecule has 1 aromatic rings. The Hall–Kier alpha value is -2.96. The van der Waals surface area contributed by atoms with Crippen molar-refractivity contribution in [3.05, 3.63) is 46.3 Å². The van der Waals surface area contributed by atoms with Crippen LogP contribution in [-0.2, 0) is 11.0 Å². The van der Waals surface area contributed by atoms with Crippen molar-refractivity contribution in [2.24, 2.45) is 5.41 Å². The van der Waals surface area contributed by atoms with E-state index in [-0.39, 0.29) is 17.8 Å². The number of carbonyl (C=O) groups is 1. The van der Waals surface area contributed by atoms with Crippen molar-refractivity contribution < 1.29 is 31.1 Å². The molecule has 1 aliphatic carbocycles. The summed E-state index contributed by atoms with van der Waals surface area (Å²) in [5.41, 5.74) is -3.11. The number of aromatic nitrogens is 2. The van der Waals surface area contributed by atoms with Gasteiger partial charge in [0.15, 0.2) is 11.6 Å². The number of Topliss-reactive ketones (excluding diaryl/α,β-unsaturated/α-hetero) is 1. The molecule has 166 valence electrons. The zero-order valence-electron chi connectivity index (χ0n) is 16.6. The maximum atomic E-state index is 13.7. The number of terminal acetylenes is 1. The summed E-state index contributed by atoms with van der Waals surface area (Å²) in [4.78, 5) is 12.9. The molecule has 3 rings (SSSR count). The molecule has 1 aliphatic heterocycles. The van der Waals surface area contributed by atoms with E-state index >= 15 is 0 Å². The lowest BCUT2D eigenvalue weighted by molar-refractivity contribution is -0.142. The van der Waals surface area contributed by atoms with Gasteiger partial charge in [0.05, 0.1) is 0 Å². The molecular weight excluding hydrogens is 424 g/mol. The average molecular weight is 443 g/mol. The third-order valence-corrected chi connectivity index (χ3v) is 5.25. The molecule has 0 amide bonds. The van der Waals surface area contributed by atoms with Crippen LogP contribution in [0.15, 0.2) is 35.1 Å². The van der Waals surface area contributed by atoms with Gasteiger partial charge in [0.2, 0.25) is 0 Å². The van der Waals surface area contributed by atoms with Crippen LogP contribution in [0.25, 0.3) is 0 Å². The monoisotopic (exact) mass is 443 g/mol. The second-order valence-corrected chi connectivity index (χ2v) is 8.29. The fraction of sp³-hybridized carbons (Fsp3) is 0.429. The molecule has 1 atom stereocenters. The van der Waals surface area contributed by atoms with Gasteiger partial charge in [-0.25, -0.2) is 0 Å². The van der Waals surface area contributed by atoms with Crippen LogP contribution < -0.4 is 5.32 Å². The lowest BCUT2D eigenvalue weighted by atomic mass is 9.69. The summed E-state index contributed by atoms with van der Waals surface area (Å²) in [6.07, 6.45) is -2.51. The third kappa shape index (κ3) is 4.55. The molecule has 2 heterocycles. The molecule has 0 fully saturated rings. The number of H-pyrrole nitrogens is 1. The van der Waals surface area contributed by atoms with Crippen LogP contribution in [0, 0.1) is 17.8 Å². The lowest BCUT2D eigenvalue weighted by Gasteiger charge is -2.38. The standard InChI is InChI=1S/C21H19F6N3O/c1-4-5-6-7-11(20(22,23)24)8-12-15-13(9-19(2,3)10-14(15)31)28-18-16(12)17(29-30-18)21(25,26)27/h1,5-7,12H,8-10H2,2-3H3,(H2,28,29,30)/b6-5-,11-7+. The third-order valence-electron chi connectivity index (χ3n) is 5.25. The van der Waals surface area contributed by atoms with Gasteiger partial charge < -0.3 is 5.32 Å². The number of fused-ring (bicyclic) bond motifs is 1. The highest BCUT2D eigenvalue weighted by Crippen LogP contribution is 2.52. The first-order valence-electron chi connectivity index (χ1n) is 9.32. The maximum absolute atomic E-state index is 13.7. The van der Waals surface area contributed by atoms with Crippen molar-refractivity contribution in [3.63, 3.8) is 0 Å². The molecule has 0 spiro atoms. The topological polar surface area (TPSA) is 57.8 Å². The van der Waals surface area contributed by atoms with Gasteiger partial charge in [0.1, 0.15) is 5.69 Å². The van der Waals surface area contributed by atoms with E-state index in [4.69, 9.17) is 6.42 Å². The van der Waals surface area contributed by atoms with Crippen LogP contribution in [0.1, 0.15) is 50.3 Å². The predicted molar refractivity (Wildman–Crippen MR) is 102 cm³/mol. The molecule has 2 N–H and O–H groups in total. The summed E-state index contributed by atoms with van der Waals surface area (Å²) in [5.74, 6) is -0.113. The van der Waals surface area contributed by atoms with Crippen molar-refractivity contribution in [2.45, 2.75) is 51.4 Å². The Bertz CT molecular complexity index is 1030. The zero-order valence-corrected chi connectivity index (χ0v) is 16.6. The maximum Gasteiger partial charge on any atom is 0.433 e. The van der Waals surface area contributed by atoms with E-state index in [0.29, 0.717) is 18.2 Å². The lowest BCUT2D eigenvalue weighted by Crippen LogP contribution is -2.34. The smallest absolute Gasteiger partial charge is 0.342 e. The van der Waals surface area contributed by atoms with Gasteiger partial charge in [-0.05, 0) is 24.3 Å². The van der Waals surface area contributed by atoms with E-state index in [1.165, 1.54) is 0 Å². The molecule has 0 saturated heterocycles. The van der Waals surface area contributed by atoms with Crippen molar-refractivity contribution >= 4 is 11.6 Å². The minimum absolute atomic E-state index is 0.0145. The molecule has 1 unspecified atom stereocenters. The predicted octanol–water partition coefficient (Wildman–Crippen LogP) is 5.65. The van der Waals surface area contributed by atoms with Gasteiger partial charge in [0, 0.05) is 34.7 Å². The first kappa shape index (κ1) is 22.7. The van der Waals surface area contributed by atoms with Crippen LogP contribution in [0.2, 0.25) is 0 Å². The number of hydrogen-bond donors (Lipinski definition) is 2. The van der Waals surface area contributed by atoms with Crippen LogP contribution >= 0.6 is 0 Å². The molecule has 0 saturated carbocycles. The van der Waals surface area contributed by atoms with Crippen LogP contribution in [-0.4, -0.2) is 22.2 Å². The average Bonchev–Trinajstić information content (AvgIpc) is 3.02. The Morgan fingerprint density at radius 1 is 1.26 bits per heavy atom. The highest BCUT2D eigenvalue weighted by molar-refractivity contribution is 6.00. The number of nitrogens with zero attached hydrogens (tertiary/aromatic N) is 1. The van der Waals surface area contributed by atoms with E-state index in [0.717, 1.165) is 12.2 Å². The molecule has 1 aromatic heterocycles. The summed E-state index contributed by atoms with van der Waals surface area (Å²) in [5, 5.41) is 8.27. The Balaban J connectivity index is 2.19. The van der Waals surface area contributed by atoms with Crippen molar-refractivity contribution in [1.82, 2.24) is 10.2 Å². The fourth-order valence-electron chi connectivity index (χ4n) is 4.06. The number of alkyl halides is 6. The first-order valence-corrected chi connectivity index (χ1v) is 9.32. The van der Waals surface area contributed by atoms with Gasteiger partial charge >= 0.3 is 12.4 Å². The Morgan fingerprint density at radius 3 is 2.52 bits per heavy atom. The van der Waals surface area contributed by atoms with E-state index in [9.17, 15) is 31.1 Å². The number of ketones is 1. The normalized spacial score (nSPS) is 21.6. The summed E-state index contributed by atoms with van der Waals surface area (Å²) >= 11 is 0. The minimum atomic E-state index is -4.89. The van der Waals surface area contributed by atoms with Crippen LogP contribution in [0.3, 0.4) is 0 Å². The fourth-order valence-corrected chi connectivity index (χ4v) is 4.06. The van der Waals surface area contributed by atoms with E-state index in [1.54, 1.807) is 13.8 Å². The number of allylic oxidation sites excluding steroid dienone is 6. The Morgan fingerprint density at radius 2 is 1.94 bits per heavy atom. The number of aromatic amines is 1.